The third-order valence-corrected chi connectivity index (χ3v) is 1.58. The molecule has 0 spiro atoms. The van der Waals surface area contributed by atoms with Crippen LogP contribution in [0.25, 0.3) is 0 Å². The highest BCUT2D eigenvalue weighted by Gasteiger charge is 2.25. The summed E-state index contributed by atoms with van der Waals surface area (Å²) >= 11 is 0. The van der Waals surface area contributed by atoms with Gasteiger partial charge in [0.05, 0.1) is 7.11 Å². The molecule has 1 unspecified atom stereocenters. The fourth-order valence-corrected chi connectivity index (χ4v) is 0.649. The molecule has 0 heterocycles. The molecule has 76 valence electrons. The van der Waals surface area contributed by atoms with E-state index >= 15 is 0 Å². The Morgan fingerprint density at radius 3 is 2.08 bits per heavy atom. The zero-order chi connectivity index (χ0) is 10.6. The lowest BCUT2D eigenvalue weighted by molar-refractivity contribution is -0.145. The van der Waals surface area contributed by atoms with Crippen molar-refractivity contribution in [3.63, 3.8) is 0 Å². The van der Waals surface area contributed by atoms with Gasteiger partial charge in [-0.15, -0.1) is 0 Å². The monoisotopic (exact) mass is 187 g/mol. The topological polar surface area (TPSA) is 55.4 Å². The van der Waals surface area contributed by atoms with Crippen molar-refractivity contribution in [2.45, 2.75) is 33.7 Å². The maximum atomic E-state index is 11.4. The summed E-state index contributed by atoms with van der Waals surface area (Å²) in [5, 5.41) is 2.56. The Hall–Kier alpha value is -1.06. The summed E-state index contributed by atoms with van der Waals surface area (Å²) in [4.78, 5) is 22.3. The molecule has 0 aromatic rings. The molecule has 1 atom stereocenters. The van der Waals surface area contributed by atoms with Gasteiger partial charge < -0.3 is 10.1 Å². The summed E-state index contributed by atoms with van der Waals surface area (Å²) in [5.74, 6) is -0.594. The van der Waals surface area contributed by atoms with E-state index in [2.05, 4.69) is 10.1 Å². The van der Waals surface area contributed by atoms with Crippen molar-refractivity contribution in [1.29, 1.82) is 0 Å². The Balaban J connectivity index is 4.15. The van der Waals surface area contributed by atoms with Gasteiger partial charge in [0.2, 0.25) is 5.91 Å². The van der Waals surface area contributed by atoms with Crippen molar-refractivity contribution in [3.05, 3.63) is 0 Å². The maximum Gasteiger partial charge on any atom is 0.328 e. The third kappa shape index (κ3) is 3.92. The van der Waals surface area contributed by atoms with Crippen molar-refractivity contribution in [2.75, 3.05) is 7.11 Å². The van der Waals surface area contributed by atoms with Gasteiger partial charge >= 0.3 is 5.97 Å². The van der Waals surface area contributed by atoms with Crippen molar-refractivity contribution < 1.29 is 14.3 Å². The first-order chi connectivity index (χ1) is 5.79. The molecule has 0 aromatic heterocycles. The van der Waals surface area contributed by atoms with E-state index in [0.717, 1.165) is 0 Å². The lowest BCUT2D eigenvalue weighted by Crippen LogP contribution is -2.44. The molecule has 0 rings (SSSR count). The van der Waals surface area contributed by atoms with Crippen LogP contribution in [0.4, 0.5) is 0 Å². The molecule has 0 saturated carbocycles. The summed E-state index contributed by atoms with van der Waals surface area (Å²) in [6, 6.07) is -0.586. The SMILES string of the molecule is COC(=O)C(C)NC(=O)C(C)(C)C. The normalized spacial score (nSPS) is 13.3. The fraction of sp³-hybridized carbons (Fsp3) is 0.778. The van der Waals surface area contributed by atoms with E-state index in [9.17, 15) is 9.59 Å². The zero-order valence-electron chi connectivity index (χ0n) is 8.80. The quantitative estimate of drug-likeness (QED) is 0.648. The van der Waals surface area contributed by atoms with Gasteiger partial charge in [0.1, 0.15) is 6.04 Å². The lowest BCUT2D eigenvalue weighted by Gasteiger charge is -2.20. The number of carbonyl (C=O) groups is 2. The predicted octanol–water partition coefficient (Wildman–Crippen LogP) is 0.710. The van der Waals surface area contributed by atoms with Crippen molar-refractivity contribution in [1.82, 2.24) is 5.32 Å². The number of hydrogen-bond donors (Lipinski definition) is 1. The van der Waals surface area contributed by atoms with Gasteiger partial charge in [0.25, 0.3) is 0 Å². The van der Waals surface area contributed by atoms with Crippen LogP contribution in [0.15, 0.2) is 0 Å². The van der Waals surface area contributed by atoms with E-state index in [1.807, 2.05) is 0 Å². The highest BCUT2D eigenvalue weighted by Crippen LogP contribution is 2.12. The lowest BCUT2D eigenvalue weighted by atomic mass is 9.95. The summed E-state index contributed by atoms with van der Waals surface area (Å²) in [6.07, 6.45) is 0. The van der Waals surface area contributed by atoms with Gasteiger partial charge in [-0.2, -0.15) is 0 Å². The van der Waals surface area contributed by atoms with E-state index in [0.29, 0.717) is 0 Å². The highest BCUT2D eigenvalue weighted by molar-refractivity contribution is 5.86. The summed E-state index contributed by atoms with van der Waals surface area (Å²) in [7, 11) is 1.29. The molecule has 4 nitrogen and oxygen atoms in total. The standard InChI is InChI=1S/C9H17NO3/c1-6(7(11)13-5)10-8(12)9(2,3)4/h6H,1-5H3,(H,10,12). The van der Waals surface area contributed by atoms with Crippen LogP contribution in [-0.2, 0) is 14.3 Å². The van der Waals surface area contributed by atoms with Crippen LogP contribution in [0.1, 0.15) is 27.7 Å². The Labute approximate surface area is 78.6 Å². The Kier molecular flexibility index (Phi) is 3.91. The number of hydrogen-bond acceptors (Lipinski definition) is 3. The first kappa shape index (κ1) is 11.9. The van der Waals surface area contributed by atoms with Crippen LogP contribution in [-0.4, -0.2) is 25.0 Å². The Morgan fingerprint density at radius 1 is 1.31 bits per heavy atom. The number of carbonyl (C=O) groups excluding carboxylic acids is 2. The molecule has 0 aromatic carbocycles. The number of esters is 1. The van der Waals surface area contributed by atoms with Gasteiger partial charge in [-0.1, -0.05) is 20.8 Å². The maximum absolute atomic E-state index is 11.4. The summed E-state index contributed by atoms with van der Waals surface area (Å²) < 4.78 is 4.47. The molecule has 0 saturated heterocycles. The van der Waals surface area contributed by atoms with Crippen LogP contribution in [0.5, 0.6) is 0 Å². The smallest absolute Gasteiger partial charge is 0.328 e. The molecular formula is C9H17NO3. The minimum Gasteiger partial charge on any atom is -0.467 e. The van der Waals surface area contributed by atoms with Crippen LogP contribution in [0.2, 0.25) is 0 Å². The van der Waals surface area contributed by atoms with Crippen LogP contribution < -0.4 is 5.32 Å². The second kappa shape index (κ2) is 4.25. The molecule has 0 aliphatic carbocycles. The van der Waals surface area contributed by atoms with Gasteiger partial charge in [-0.05, 0) is 6.92 Å². The number of methoxy groups -OCH3 is 1. The van der Waals surface area contributed by atoms with Gasteiger partial charge in [0, 0.05) is 5.41 Å². The number of nitrogens with one attached hydrogen (secondary N) is 1. The first-order valence-electron chi connectivity index (χ1n) is 4.18. The molecule has 0 radical (unpaired) electrons. The van der Waals surface area contributed by atoms with Crippen molar-refractivity contribution in [3.8, 4) is 0 Å². The van der Waals surface area contributed by atoms with Crippen molar-refractivity contribution in [2.24, 2.45) is 5.41 Å². The van der Waals surface area contributed by atoms with Crippen LogP contribution in [0.3, 0.4) is 0 Å². The van der Waals surface area contributed by atoms with E-state index in [1.54, 1.807) is 27.7 Å². The largest absolute Gasteiger partial charge is 0.467 e. The minimum absolute atomic E-state index is 0.162. The second-order valence-electron chi connectivity index (χ2n) is 3.97. The molecule has 13 heavy (non-hydrogen) atoms. The average Bonchev–Trinajstić information content (AvgIpc) is 2.01. The Morgan fingerprint density at radius 2 is 1.77 bits per heavy atom. The average molecular weight is 187 g/mol. The zero-order valence-corrected chi connectivity index (χ0v) is 8.80. The molecule has 4 heteroatoms. The third-order valence-electron chi connectivity index (χ3n) is 1.58. The van der Waals surface area contributed by atoms with E-state index in [1.165, 1.54) is 7.11 Å². The van der Waals surface area contributed by atoms with Crippen molar-refractivity contribution >= 4 is 11.9 Å². The van der Waals surface area contributed by atoms with Gasteiger partial charge in [0.15, 0.2) is 0 Å². The fourth-order valence-electron chi connectivity index (χ4n) is 0.649. The number of rotatable bonds is 2. The predicted molar refractivity (Wildman–Crippen MR) is 49.1 cm³/mol. The minimum atomic E-state index is -0.586. The number of ether oxygens (including phenoxy) is 1. The van der Waals surface area contributed by atoms with Crippen LogP contribution in [0, 0.1) is 5.41 Å². The van der Waals surface area contributed by atoms with Crippen LogP contribution >= 0.6 is 0 Å². The highest BCUT2D eigenvalue weighted by atomic mass is 16.5. The molecule has 0 aliphatic rings. The van der Waals surface area contributed by atoms with Gasteiger partial charge in [-0.3, -0.25) is 4.79 Å². The molecule has 0 aliphatic heterocycles. The van der Waals surface area contributed by atoms with E-state index in [4.69, 9.17) is 0 Å². The van der Waals surface area contributed by atoms with Gasteiger partial charge in [-0.25, -0.2) is 4.79 Å². The number of amides is 1. The van der Waals surface area contributed by atoms with E-state index in [-0.39, 0.29) is 5.91 Å². The Bertz CT molecular complexity index is 205. The second-order valence-corrected chi connectivity index (χ2v) is 3.97. The molecule has 1 N–H and O–H groups in total. The molecule has 0 bridgehead atoms. The summed E-state index contributed by atoms with van der Waals surface area (Å²) in [5.41, 5.74) is -0.484. The van der Waals surface area contributed by atoms with E-state index < -0.39 is 17.4 Å². The molecular weight excluding hydrogens is 170 g/mol. The molecule has 0 fully saturated rings. The molecule has 1 amide bonds. The summed E-state index contributed by atoms with van der Waals surface area (Å²) in [6.45, 7) is 6.94. The first-order valence-corrected chi connectivity index (χ1v) is 4.18.